The standard InChI is InChI=1S/C25H24ClFN6O6S2/c26-21-5-6-22(40-21)41(37,38)31-24(35)29-16-2-4-20(18(27)13-16)33-23(34)17-3-1-15(14-19(17)30-25(33)36)28-7-8-32-9-11-39-12-10-32/h1-6,13-14,28H,7-12H2,(H,30,36)(H2,29,31,35). The SMILES string of the molecule is O=C(Nc1ccc(-n2c(=O)[nH]c3cc(NCCN4CCOCC4)ccc3c2=O)c(F)c1)NS(=O)(=O)c1ccc(Cl)s1. The molecule has 1 fully saturated rings. The van der Waals surface area contributed by atoms with Crippen molar-refractivity contribution in [1.29, 1.82) is 0 Å². The number of nitrogens with zero attached hydrogens (tertiary/aromatic N) is 2. The molecule has 1 aliphatic heterocycles. The molecular formula is C25H24ClFN6O6S2. The van der Waals surface area contributed by atoms with Crippen molar-refractivity contribution in [3.63, 3.8) is 0 Å². The largest absolute Gasteiger partial charge is 0.384 e. The quantitative estimate of drug-likeness (QED) is 0.234. The van der Waals surface area contributed by atoms with Crippen LogP contribution >= 0.6 is 22.9 Å². The van der Waals surface area contributed by atoms with Gasteiger partial charge in [0.05, 0.1) is 34.1 Å². The highest BCUT2D eigenvalue weighted by atomic mass is 35.5. The number of urea groups is 1. The van der Waals surface area contributed by atoms with E-state index < -0.39 is 33.1 Å². The maximum Gasteiger partial charge on any atom is 0.333 e. The number of hydrogen-bond donors (Lipinski definition) is 4. The highest BCUT2D eigenvalue weighted by molar-refractivity contribution is 7.92. The fraction of sp³-hybridized carbons (Fsp3) is 0.240. The summed E-state index contributed by atoms with van der Waals surface area (Å²) in [5.74, 6) is -0.996. The van der Waals surface area contributed by atoms with Gasteiger partial charge in [-0.1, -0.05) is 11.6 Å². The lowest BCUT2D eigenvalue weighted by atomic mass is 10.2. The summed E-state index contributed by atoms with van der Waals surface area (Å²) in [6, 6.07) is 9.56. The number of amides is 2. The lowest BCUT2D eigenvalue weighted by molar-refractivity contribution is 0.0398. The van der Waals surface area contributed by atoms with E-state index in [2.05, 4.69) is 20.5 Å². The van der Waals surface area contributed by atoms with E-state index in [1.54, 1.807) is 22.9 Å². The van der Waals surface area contributed by atoms with Crippen molar-refractivity contribution in [3.8, 4) is 5.69 Å². The van der Waals surface area contributed by atoms with Gasteiger partial charge in [-0.05, 0) is 48.5 Å². The van der Waals surface area contributed by atoms with Crippen LogP contribution in [-0.4, -0.2) is 68.3 Å². The second-order valence-electron chi connectivity index (χ2n) is 9.00. The summed E-state index contributed by atoms with van der Waals surface area (Å²) < 4.78 is 47.5. The number of anilines is 2. The smallest absolute Gasteiger partial charge is 0.333 e. The summed E-state index contributed by atoms with van der Waals surface area (Å²) in [5, 5.41) is 5.65. The maximum atomic E-state index is 15.1. The highest BCUT2D eigenvalue weighted by Crippen LogP contribution is 2.25. The first-order valence-corrected chi connectivity index (χ1v) is 15.0. The molecule has 0 aliphatic carbocycles. The van der Waals surface area contributed by atoms with Crippen molar-refractivity contribution >= 4 is 61.3 Å². The second kappa shape index (κ2) is 12.0. The summed E-state index contributed by atoms with van der Waals surface area (Å²) in [6.45, 7) is 4.60. The molecule has 0 radical (unpaired) electrons. The molecule has 41 heavy (non-hydrogen) atoms. The van der Waals surface area contributed by atoms with E-state index >= 15 is 4.39 Å². The van der Waals surface area contributed by atoms with Crippen molar-refractivity contribution in [3.05, 3.63) is 79.5 Å². The van der Waals surface area contributed by atoms with Gasteiger partial charge in [0, 0.05) is 37.6 Å². The zero-order valence-electron chi connectivity index (χ0n) is 21.3. The van der Waals surface area contributed by atoms with Crippen LogP contribution < -0.4 is 26.6 Å². The molecule has 0 spiro atoms. The lowest BCUT2D eigenvalue weighted by Gasteiger charge is -2.26. The van der Waals surface area contributed by atoms with Crippen LogP contribution in [0.15, 0.2) is 62.3 Å². The number of benzene rings is 2. The number of thiophene rings is 1. The molecule has 0 saturated carbocycles. The van der Waals surface area contributed by atoms with Gasteiger partial charge in [0.2, 0.25) is 0 Å². The summed E-state index contributed by atoms with van der Waals surface area (Å²) in [6.07, 6.45) is 0. The molecule has 4 N–H and O–H groups in total. The Labute approximate surface area is 241 Å². The first-order valence-electron chi connectivity index (χ1n) is 12.3. The molecular weight excluding hydrogens is 599 g/mol. The number of aromatic nitrogens is 2. The molecule has 4 aromatic rings. The Morgan fingerprint density at radius 3 is 2.54 bits per heavy atom. The molecule has 5 rings (SSSR count). The van der Waals surface area contributed by atoms with Crippen LogP contribution in [-0.2, 0) is 14.8 Å². The fourth-order valence-electron chi connectivity index (χ4n) is 4.27. The first kappa shape index (κ1) is 28.8. The molecule has 2 aromatic carbocycles. The van der Waals surface area contributed by atoms with E-state index in [4.69, 9.17) is 16.3 Å². The summed E-state index contributed by atoms with van der Waals surface area (Å²) in [4.78, 5) is 43.1. The Morgan fingerprint density at radius 1 is 1.07 bits per heavy atom. The molecule has 16 heteroatoms. The van der Waals surface area contributed by atoms with Gasteiger partial charge in [-0.2, -0.15) is 0 Å². The van der Waals surface area contributed by atoms with Gasteiger partial charge >= 0.3 is 11.7 Å². The summed E-state index contributed by atoms with van der Waals surface area (Å²) in [7, 11) is -4.19. The third-order valence-corrected chi connectivity index (χ3v) is 9.30. The summed E-state index contributed by atoms with van der Waals surface area (Å²) >= 11 is 6.51. The Balaban J connectivity index is 1.31. The van der Waals surface area contributed by atoms with Crippen LogP contribution in [0.3, 0.4) is 0 Å². The molecule has 0 atom stereocenters. The molecule has 2 amide bonds. The molecule has 12 nitrogen and oxygen atoms in total. The molecule has 1 aliphatic rings. The number of morpholine rings is 1. The van der Waals surface area contributed by atoms with Crippen LogP contribution in [0.5, 0.6) is 0 Å². The van der Waals surface area contributed by atoms with E-state index in [1.165, 1.54) is 18.2 Å². The maximum absolute atomic E-state index is 15.1. The molecule has 3 heterocycles. The van der Waals surface area contributed by atoms with E-state index in [-0.39, 0.29) is 30.8 Å². The van der Waals surface area contributed by atoms with Crippen LogP contribution in [0, 0.1) is 5.82 Å². The normalized spacial score (nSPS) is 14.2. The number of fused-ring (bicyclic) bond motifs is 1. The average molecular weight is 623 g/mol. The van der Waals surface area contributed by atoms with Gasteiger partial charge < -0.3 is 20.4 Å². The minimum absolute atomic E-state index is 0.110. The molecule has 0 unspecified atom stereocenters. The Bertz CT molecular complexity index is 1830. The van der Waals surface area contributed by atoms with Gasteiger partial charge in [-0.15, -0.1) is 11.3 Å². The monoisotopic (exact) mass is 622 g/mol. The topological polar surface area (TPSA) is 155 Å². The third kappa shape index (κ3) is 6.60. The summed E-state index contributed by atoms with van der Waals surface area (Å²) in [5.41, 5.74) is -1.05. The van der Waals surface area contributed by atoms with E-state index in [0.29, 0.717) is 30.0 Å². The number of hydrogen-bond acceptors (Lipinski definition) is 9. The van der Waals surface area contributed by atoms with Gasteiger partial charge in [-0.3, -0.25) is 9.69 Å². The number of sulfonamides is 1. The Kier molecular flexibility index (Phi) is 8.42. The number of H-pyrrole nitrogens is 1. The molecule has 216 valence electrons. The van der Waals surface area contributed by atoms with Crippen molar-refractivity contribution in [1.82, 2.24) is 19.2 Å². The highest BCUT2D eigenvalue weighted by Gasteiger charge is 2.21. The number of aromatic amines is 1. The zero-order chi connectivity index (χ0) is 29.1. The minimum Gasteiger partial charge on any atom is -0.384 e. The fourth-order valence-corrected chi connectivity index (χ4v) is 6.66. The van der Waals surface area contributed by atoms with Crippen molar-refractivity contribution in [2.24, 2.45) is 0 Å². The third-order valence-electron chi connectivity index (χ3n) is 6.25. The average Bonchev–Trinajstić information content (AvgIpc) is 3.37. The van der Waals surface area contributed by atoms with Crippen LogP contribution in [0.4, 0.5) is 20.6 Å². The molecule has 2 aromatic heterocycles. The number of carbonyl (C=O) groups is 1. The number of rotatable bonds is 8. The Morgan fingerprint density at radius 2 is 1.83 bits per heavy atom. The van der Waals surface area contributed by atoms with Gasteiger partial charge in [0.1, 0.15) is 10.0 Å². The van der Waals surface area contributed by atoms with Crippen molar-refractivity contribution in [2.75, 3.05) is 50.0 Å². The van der Waals surface area contributed by atoms with Gasteiger partial charge in [0.25, 0.3) is 15.6 Å². The van der Waals surface area contributed by atoms with E-state index in [1.807, 2.05) is 0 Å². The minimum atomic E-state index is -4.19. The van der Waals surface area contributed by atoms with Crippen molar-refractivity contribution < 1.29 is 22.3 Å². The predicted octanol–water partition coefficient (Wildman–Crippen LogP) is 2.79. The van der Waals surface area contributed by atoms with E-state index in [0.717, 1.165) is 43.1 Å². The lowest BCUT2D eigenvalue weighted by Crippen LogP contribution is -2.39. The van der Waals surface area contributed by atoms with Gasteiger partial charge in [-0.25, -0.2) is 31.7 Å². The zero-order valence-corrected chi connectivity index (χ0v) is 23.7. The second-order valence-corrected chi connectivity index (χ2v) is 12.6. The van der Waals surface area contributed by atoms with Crippen LogP contribution in [0.25, 0.3) is 16.6 Å². The predicted molar refractivity (Wildman–Crippen MR) is 155 cm³/mol. The molecule has 0 bridgehead atoms. The van der Waals surface area contributed by atoms with Crippen molar-refractivity contribution in [2.45, 2.75) is 4.21 Å². The molecule has 1 saturated heterocycles. The number of halogens is 2. The van der Waals surface area contributed by atoms with E-state index in [9.17, 15) is 22.8 Å². The Hall–Kier alpha value is -3.76. The van der Waals surface area contributed by atoms with Crippen LogP contribution in [0.1, 0.15) is 0 Å². The number of carbonyl (C=O) groups excluding carboxylic acids is 1. The van der Waals surface area contributed by atoms with Gasteiger partial charge in [0.15, 0.2) is 0 Å². The number of ether oxygens (including phenoxy) is 1. The van der Waals surface area contributed by atoms with Crippen LogP contribution in [0.2, 0.25) is 4.34 Å². The first-order chi connectivity index (χ1) is 19.6. The number of nitrogens with one attached hydrogen (secondary N) is 4.